The molecule has 0 fully saturated rings. The maximum atomic E-state index is 12.2. The summed E-state index contributed by atoms with van der Waals surface area (Å²) < 4.78 is 7.75. The number of halogens is 2. The normalized spacial score (nSPS) is 15.4. The lowest BCUT2D eigenvalue weighted by Crippen LogP contribution is -2.38. The first-order valence-electron chi connectivity index (χ1n) is 9.80. The van der Waals surface area contributed by atoms with Gasteiger partial charge in [0.1, 0.15) is 11.4 Å². The minimum Gasteiger partial charge on any atom is -0.482 e. The predicted octanol–water partition coefficient (Wildman–Crippen LogP) is 3.49. The molecular formula is C21H25Cl2N5O2. The number of carbonyl (C=O) groups is 1. The van der Waals surface area contributed by atoms with Crippen LogP contribution in [-0.4, -0.2) is 40.4 Å². The zero-order chi connectivity index (χ0) is 19.3. The molecule has 7 nitrogen and oxygen atoms in total. The van der Waals surface area contributed by atoms with Gasteiger partial charge in [-0.1, -0.05) is 0 Å². The summed E-state index contributed by atoms with van der Waals surface area (Å²) in [6.45, 7) is 7.52. The molecule has 0 atom stereocenters. The van der Waals surface area contributed by atoms with Gasteiger partial charge in [0, 0.05) is 25.0 Å². The second-order valence-corrected chi connectivity index (χ2v) is 7.36. The van der Waals surface area contributed by atoms with Gasteiger partial charge < -0.3 is 15.0 Å². The van der Waals surface area contributed by atoms with Crippen LogP contribution in [0.2, 0.25) is 0 Å². The van der Waals surface area contributed by atoms with Gasteiger partial charge in [-0.15, -0.1) is 24.8 Å². The van der Waals surface area contributed by atoms with Gasteiger partial charge in [0.2, 0.25) is 0 Å². The summed E-state index contributed by atoms with van der Waals surface area (Å²) in [4.78, 5) is 18.8. The number of carbonyl (C=O) groups excluding carboxylic acids is 1. The lowest BCUT2D eigenvalue weighted by atomic mass is 10.1. The van der Waals surface area contributed by atoms with E-state index in [-0.39, 0.29) is 37.3 Å². The first kappa shape index (κ1) is 22.3. The summed E-state index contributed by atoms with van der Waals surface area (Å²) in [6.07, 6.45) is 1.07. The van der Waals surface area contributed by atoms with Crippen LogP contribution in [0.5, 0.6) is 5.75 Å². The Balaban J connectivity index is 0.00000128. The number of aromatic nitrogens is 3. The van der Waals surface area contributed by atoms with Crippen molar-refractivity contribution in [2.45, 2.75) is 33.4 Å². The molecular weight excluding hydrogens is 425 g/mol. The number of hydrogen-bond donors (Lipinski definition) is 1. The van der Waals surface area contributed by atoms with E-state index in [0.717, 1.165) is 65.3 Å². The van der Waals surface area contributed by atoms with Crippen molar-refractivity contribution in [3.05, 3.63) is 35.5 Å². The van der Waals surface area contributed by atoms with E-state index in [9.17, 15) is 4.79 Å². The van der Waals surface area contributed by atoms with Crippen LogP contribution in [0.15, 0.2) is 24.3 Å². The van der Waals surface area contributed by atoms with Crippen molar-refractivity contribution in [3.63, 3.8) is 0 Å². The second-order valence-electron chi connectivity index (χ2n) is 7.36. The predicted molar refractivity (Wildman–Crippen MR) is 122 cm³/mol. The Labute approximate surface area is 187 Å². The quantitative estimate of drug-likeness (QED) is 0.647. The maximum Gasteiger partial charge on any atom is 0.265 e. The van der Waals surface area contributed by atoms with Gasteiger partial charge >= 0.3 is 0 Å². The highest BCUT2D eigenvalue weighted by Crippen LogP contribution is 2.37. The van der Waals surface area contributed by atoms with Crippen LogP contribution in [0, 0.1) is 6.92 Å². The van der Waals surface area contributed by atoms with Crippen LogP contribution in [-0.2, 0) is 17.9 Å². The molecule has 1 N–H and O–H groups in total. The molecule has 9 heteroatoms. The Morgan fingerprint density at radius 3 is 2.80 bits per heavy atom. The summed E-state index contributed by atoms with van der Waals surface area (Å²) in [7, 11) is 0. The van der Waals surface area contributed by atoms with Gasteiger partial charge in [0.25, 0.3) is 5.91 Å². The molecule has 4 heterocycles. The molecule has 2 aliphatic rings. The number of nitrogens with one attached hydrogen (secondary N) is 1. The molecule has 0 aliphatic carbocycles. The van der Waals surface area contributed by atoms with E-state index in [0.29, 0.717) is 6.54 Å². The highest BCUT2D eigenvalue weighted by molar-refractivity contribution is 6.01. The minimum atomic E-state index is -0.0208. The molecule has 160 valence electrons. The zero-order valence-electron chi connectivity index (χ0n) is 17.0. The molecule has 1 aromatic carbocycles. The topological polar surface area (TPSA) is 72.3 Å². The molecule has 3 aromatic rings. The fourth-order valence-electron chi connectivity index (χ4n) is 4.05. The van der Waals surface area contributed by atoms with Crippen molar-refractivity contribution in [2.75, 3.05) is 24.6 Å². The van der Waals surface area contributed by atoms with Crippen LogP contribution >= 0.6 is 24.8 Å². The Morgan fingerprint density at radius 1 is 1.17 bits per heavy atom. The Bertz CT molecular complexity index is 1080. The van der Waals surface area contributed by atoms with Gasteiger partial charge in [-0.3, -0.25) is 9.48 Å². The van der Waals surface area contributed by atoms with Crippen molar-refractivity contribution in [3.8, 4) is 17.1 Å². The van der Waals surface area contributed by atoms with Gasteiger partial charge in [0.05, 0.1) is 22.6 Å². The number of ether oxygens (including phenoxy) is 1. The third-order valence-corrected chi connectivity index (χ3v) is 5.51. The molecule has 30 heavy (non-hydrogen) atoms. The zero-order valence-corrected chi connectivity index (χ0v) is 18.6. The third kappa shape index (κ3) is 3.73. The highest BCUT2D eigenvalue weighted by Gasteiger charge is 2.25. The van der Waals surface area contributed by atoms with E-state index < -0.39 is 0 Å². The molecule has 1 amide bonds. The molecule has 0 spiro atoms. The van der Waals surface area contributed by atoms with E-state index >= 15 is 0 Å². The standard InChI is InChI=1S/C21H23N5O2.2ClH/c1-3-25-19-10-16-15(9-20(19)28-12-21(25)27)13(2)7-17(23-16)18-8-14-11-22-5-4-6-26(14)24-18;;/h7-10,22H,3-6,11-12H2,1-2H3;2*1H. The number of hydrogen-bond acceptors (Lipinski definition) is 5. The van der Waals surface area contributed by atoms with Crippen molar-refractivity contribution in [2.24, 2.45) is 0 Å². The molecule has 0 saturated carbocycles. The first-order valence-corrected chi connectivity index (χ1v) is 9.80. The van der Waals surface area contributed by atoms with Gasteiger partial charge in [0.15, 0.2) is 6.61 Å². The van der Waals surface area contributed by atoms with E-state index in [1.54, 1.807) is 4.90 Å². The van der Waals surface area contributed by atoms with Crippen molar-refractivity contribution in [1.29, 1.82) is 0 Å². The number of nitrogens with zero attached hydrogens (tertiary/aromatic N) is 4. The average Bonchev–Trinajstić information content (AvgIpc) is 2.97. The summed E-state index contributed by atoms with van der Waals surface area (Å²) in [5.41, 5.74) is 5.70. The smallest absolute Gasteiger partial charge is 0.265 e. The fourth-order valence-corrected chi connectivity index (χ4v) is 4.05. The van der Waals surface area contributed by atoms with Crippen molar-refractivity contribution >= 4 is 47.3 Å². The molecule has 2 aromatic heterocycles. The number of anilines is 1. The summed E-state index contributed by atoms with van der Waals surface area (Å²) in [5, 5.41) is 9.25. The minimum absolute atomic E-state index is 0. The lowest BCUT2D eigenvalue weighted by molar-refractivity contribution is -0.121. The molecule has 0 unspecified atom stereocenters. The molecule has 5 rings (SSSR count). The fraction of sp³-hybridized carbons (Fsp3) is 0.381. The third-order valence-electron chi connectivity index (χ3n) is 5.51. The second kappa shape index (κ2) is 8.79. The maximum absolute atomic E-state index is 12.2. The number of rotatable bonds is 2. The Hall–Kier alpha value is -2.35. The number of amides is 1. The molecule has 0 radical (unpaired) electrons. The van der Waals surface area contributed by atoms with Crippen LogP contribution < -0.4 is 15.0 Å². The number of aryl methyl sites for hydroxylation is 2. The summed E-state index contributed by atoms with van der Waals surface area (Å²) >= 11 is 0. The molecule has 0 saturated heterocycles. The average molecular weight is 450 g/mol. The van der Waals surface area contributed by atoms with E-state index in [1.807, 2.05) is 19.1 Å². The van der Waals surface area contributed by atoms with Crippen LogP contribution in [0.3, 0.4) is 0 Å². The number of benzene rings is 1. The van der Waals surface area contributed by atoms with Crippen molar-refractivity contribution in [1.82, 2.24) is 20.1 Å². The van der Waals surface area contributed by atoms with Gasteiger partial charge in [-0.2, -0.15) is 5.10 Å². The monoisotopic (exact) mass is 449 g/mol. The van der Waals surface area contributed by atoms with E-state index in [2.05, 4.69) is 29.1 Å². The highest BCUT2D eigenvalue weighted by atomic mass is 35.5. The van der Waals surface area contributed by atoms with Crippen LogP contribution in [0.4, 0.5) is 5.69 Å². The Kier molecular flexibility index (Phi) is 6.55. The number of fused-ring (bicyclic) bond motifs is 3. The van der Waals surface area contributed by atoms with Crippen LogP contribution in [0.25, 0.3) is 22.3 Å². The first-order chi connectivity index (χ1) is 13.6. The van der Waals surface area contributed by atoms with E-state index in [4.69, 9.17) is 14.8 Å². The largest absolute Gasteiger partial charge is 0.482 e. The Morgan fingerprint density at radius 2 is 2.00 bits per heavy atom. The van der Waals surface area contributed by atoms with Gasteiger partial charge in [-0.25, -0.2) is 4.98 Å². The molecule has 0 bridgehead atoms. The van der Waals surface area contributed by atoms with Crippen molar-refractivity contribution < 1.29 is 9.53 Å². The lowest BCUT2D eigenvalue weighted by Gasteiger charge is -2.28. The van der Waals surface area contributed by atoms with E-state index in [1.165, 1.54) is 5.69 Å². The summed E-state index contributed by atoms with van der Waals surface area (Å²) in [5.74, 6) is 0.721. The summed E-state index contributed by atoms with van der Waals surface area (Å²) in [6, 6.07) is 8.16. The van der Waals surface area contributed by atoms with Crippen LogP contribution in [0.1, 0.15) is 24.6 Å². The van der Waals surface area contributed by atoms with Gasteiger partial charge in [-0.05, 0) is 56.6 Å². The SMILES string of the molecule is CCN1C(=O)COc2cc3c(C)cc(-c4cc5n(n4)CCCNC5)nc3cc21.Cl.Cl. The molecule has 2 aliphatic heterocycles. The number of pyridine rings is 1. The number of likely N-dealkylation sites (N-methyl/N-ethyl adjacent to an activating group) is 1.